The van der Waals surface area contributed by atoms with Gasteiger partial charge in [-0.1, -0.05) is 28.4 Å². The van der Waals surface area contributed by atoms with Gasteiger partial charge in [0, 0.05) is 32.0 Å². The molecular formula is C19H37NO6. The number of carbonyl (C=O) groups is 3. The summed E-state index contributed by atoms with van der Waals surface area (Å²) in [6, 6.07) is 0. The number of carbonyl (C=O) groups excluding carboxylic acids is 3. The van der Waals surface area contributed by atoms with Gasteiger partial charge in [0.15, 0.2) is 0 Å². The minimum Gasteiger partial charge on any atom is -0.466 e. The topological polar surface area (TPSA) is 82.1 Å². The molecule has 0 bridgehead atoms. The maximum Gasteiger partial charge on any atom is 0.330 e. The first kappa shape index (κ1) is 28.9. The standard InChI is InChI=1S/C17H29NO6.2CH4/c1-5-7-16(20)22-12-9-14(3)24-17(21)8-10-18(4)11-13-23-15(19)6-2;;/h6,14H,2,5,7-13H2,1,3-4H3;2*1H4. The Morgan fingerprint density at radius 2 is 1.69 bits per heavy atom. The summed E-state index contributed by atoms with van der Waals surface area (Å²) in [7, 11) is 1.83. The zero-order chi connectivity index (χ0) is 18.4. The van der Waals surface area contributed by atoms with Crippen LogP contribution in [0, 0.1) is 0 Å². The van der Waals surface area contributed by atoms with Crippen molar-refractivity contribution in [3.8, 4) is 0 Å². The monoisotopic (exact) mass is 375 g/mol. The summed E-state index contributed by atoms with van der Waals surface area (Å²) in [6.45, 7) is 8.51. The van der Waals surface area contributed by atoms with Gasteiger partial charge < -0.3 is 19.1 Å². The summed E-state index contributed by atoms with van der Waals surface area (Å²) in [4.78, 5) is 35.7. The number of hydrogen-bond acceptors (Lipinski definition) is 7. The van der Waals surface area contributed by atoms with Crippen LogP contribution in [0.15, 0.2) is 12.7 Å². The number of rotatable bonds is 13. The molecule has 0 N–H and O–H groups in total. The molecular weight excluding hydrogens is 338 g/mol. The normalized spacial score (nSPS) is 10.8. The lowest BCUT2D eigenvalue weighted by Crippen LogP contribution is -2.28. The van der Waals surface area contributed by atoms with Crippen molar-refractivity contribution in [3.63, 3.8) is 0 Å². The molecule has 0 aromatic rings. The van der Waals surface area contributed by atoms with Gasteiger partial charge in [-0.05, 0) is 20.4 Å². The van der Waals surface area contributed by atoms with Crippen LogP contribution in [0.1, 0.15) is 54.4 Å². The average Bonchev–Trinajstić information content (AvgIpc) is 2.53. The number of ether oxygens (including phenoxy) is 3. The summed E-state index contributed by atoms with van der Waals surface area (Å²) < 4.78 is 15.1. The molecule has 1 unspecified atom stereocenters. The lowest BCUT2D eigenvalue weighted by atomic mass is 10.3. The summed E-state index contributed by atoms with van der Waals surface area (Å²) in [6.07, 6.45) is 2.69. The molecule has 0 aliphatic carbocycles. The van der Waals surface area contributed by atoms with Crippen molar-refractivity contribution in [2.75, 3.05) is 33.4 Å². The van der Waals surface area contributed by atoms with Gasteiger partial charge in [0.25, 0.3) is 0 Å². The van der Waals surface area contributed by atoms with Crippen LogP contribution in [0.2, 0.25) is 0 Å². The Hall–Kier alpha value is -1.89. The van der Waals surface area contributed by atoms with E-state index in [1.165, 1.54) is 0 Å². The highest BCUT2D eigenvalue weighted by molar-refractivity contribution is 5.81. The van der Waals surface area contributed by atoms with Crippen LogP contribution in [0.3, 0.4) is 0 Å². The average molecular weight is 376 g/mol. The molecule has 7 heteroatoms. The summed E-state index contributed by atoms with van der Waals surface area (Å²) in [5.41, 5.74) is 0. The van der Waals surface area contributed by atoms with E-state index in [4.69, 9.17) is 14.2 Å². The van der Waals surface area contributed by atoms with Crippen LogP contribution in [-0.4, -0.2) is 62.3 Å². The third-order valence-corrected chi connectivity index (χ3v) is 3.16. The van der Waals surface area contributed by atoms with E-state index in [1.54, 1.807) is 6.92 Å². The second-order valence-electron chi connectivity index (χ2n) is 5.48. The molecule has 0 radical (unpaired) electrons. The SMILES string of the molecule is C.C.C=CC(=O)OCCN(C)CCC(=O)OC(C)CCOC(=O)CCC. The molecule has 0 saturated heterocycles. The number of hydrogen-bond donors (Lipinski definition) is 0. The van der Waals surface area contributed by atoms with E-state index < -0.39 is 5.97 Å². The lowest BCUT2D eigenvalue weighted by Gasteiger charge is -2.17. The molecule has 0 amide bonds. The molecule has 0 aromatic heterocycles. The Bertz CT molecular complexity index is 411. The predicted molar refractivity (Wildman–Crippen MR) is 103 cm³/mol. The van der Waals surface area contributed by atoms with Crippen molar-refractivity contribution in [2.24, 2.45) is 0 Å². The molecule has 1 atom stereocenters. The zero-order valence-electron chi connectivity index (χ0n) is 14.9. The predicted octanol–water partition coefficient (Wildman–Crippen LogP) is 2.97. The molecule has 7 nitrogen and oxygen atoms in total. The molecule has 0 saturated carbocycles. The highest BCUT2D eigenvalue weighted by atomic mass is 16.6. The van der Waals surface area contributed by atoms with E-state index >= 15 is 0 Å². The van der Waals surface area contributed by atoms with E-state index in [-0.39, 0.29) is 52.5 Å². The highest BCUT2D eigenvalue weighted by Crippen LogP contribution is 2.02. The van der Waals surface area contributed by atoms with Crippen LogP contribution in [0.25, 0.3) is 0 Å². The smallest absolute Gasteiger partial charge is 0.330 e. The maximum absolute atomic E-state index is 11.7. The zero-order valence-corrected chi connectivity index (χ0v) is 14.9. The van der Waals surface area contributed by atoms with Crippen molar-refractivity contribution < 1.29 is 28.6 Å². The molecule has 154 valence electrons. The molecule has 26 heavy (non-hydrogen) atoms. The molecule has 0 aliphatic rings. The summed E-state index contributed by atoms with van der Waals surface area (Å²) >= 11 is 0. The van der Waals surface area contributed by atoms with Gasteiger partial charge in [-0.2, -0.15) is 0 Å². The van der Waals surface area contributed by atoms with Crippen LogP contribution in [0.5, 0.6) is 0 Å². The number of likely N-dealkylation sites (N-methyl/N-ethyl adjacent to an activating group) is 1. The minimum atomic E-state index is -0.462. The van der Waals surface area contributed by atoms with Gasteiger partial charge in [0.1, 0.15) is 12.7 Å². The van der Waals surface area contributed by atoms with Crippen molar-refractivity contribution in [2.45, 2.75) is 60.5 Å². The number of esters is 3. The second-order valence-corrected chi connectivity index (χ2v) is 5.48. The molecule has 0 rings (SSSR count). The van der Waals surface area contributed by atoms with Crippen LogP contribution < -0.4 is 0 Å². The first-order chi connectivity index (χ1) is 11.4. The number of nitrogens with zero attached hydrogens (tertiary/aromatic N) is 1. The van der Waals surface area contributed by atoms with E-state index in [1.807, 2.05) is 18.9 Å². The van der Waals surface area contributed by atoms with Gasteiger partial charge in [-0.25, -0.2) is 4.79 Å². The Labute approximate surface area is 158 Å². The Morgan fingerprint density at radius 3 is 2.27 bits per heavy atom. The van der Waals surface area contributed by atoms with Crippen molar-refractivity contribution in [3.05, 3.63) is 12.7 Å². The Balaban J connectivity index is -0.00000264. The van der Waals surface area contributed by atoms with E-state index in [2.05, 4.69) is 6.58 Å². The van der Waals surface area contributed by atoms with Gasteiger partial charge >= 0.3 is 17.9 Å². The molecule has 0 fully saturated rings. The van der Waals surface area contributed by atoms with Crippen molar-refractivity contribution >= 4 is 17.9 Å². The van der Waals surface area contributed by atoms with Gasteiger partial charge in [0.2, 0.25) is 0 Å². The second kappa shape index (κ2) is 17.9. The minimum absolute atomic E-state index is 0. The van der Waals surface area contributed by atoms with E-state index in [9.17, 15) is 14.4 Å². The molecule has 0 spiro atoms. The van der Waals surface area contributed by atoms with Gasteiger partial charge in [-0.3, -0.25) is 9.59 Å². The fourth-order valence-electron chi connectivity index (χ4n) is 1.71. The van der Waals surface area contributed by atoms with E-state index in [0.29, 0.717) is 25.9 Å². The quantitative estimate of drug-likeness (QED) is 0.278. The maximum atomic E-state index is 11.7. The van der Waals surface area contributed by atoms with Gasteiger partial charge in [-0.15, -0.1) is 0 Å². The highest BCUT2D eigenvalue weighted by Gasteiger charge is 2.12. The van der Waals surface area contributed by atoms with Crippen LogP contribution in [0.4, 0.5) is 0 Å². The summed E-state index contributed by atoms with van der Waals surface area (Å²) in [5.74, 6) is -0.997. The van der Waals surface area contributed by atoms with Crippen molar-refractivity contribution in [1.82, 2.24) is 4.90 Å². The fraction of sp³-hybridized carbons (Fsp3) is 0.737. The Morgan fingerprint density at radius 1 is 1.04 bits per heavy atom. The first-order valence-corrected chi connectivity index (χ1v) is 8.21. The first-order valence-electron chi connectivity index (χ1n) is 8.21. The van der Waals surface area contributed by atoms with Crippen LogP contribution in [-0.2, 0) is 28.6 Å². The largest absolute Gasteiger partial charge is 0.466 e. The van der Waals surface area contributed by atoms with Crippen molar-refractivity contribution in [1.29, 1.82) is 0 Å². The van der Waals surface area contributed by atoms with Gasteiger partial charge in [0.05, 0.1) is 13.0 Å². The molecule has 0 aromatic carbocycles. The lowest BCUT2D eigenvalue weighted by molar-refractivity contribution is -0.151. The molecule has 0 heterocycles. The Kier molecular flexibility index (Phi) is 19.9. The third kappa shape index (κ3) is 17.0. The fourth-order valence-corrected chi connectivity index (χ4v) is 1.71. The third-order valence-electron chi connectivity index (χ3n) is 3.16. The van der Waals surface area contributed by atoms with E-state index in [0.717, 1.165) is 12.5 Å². The van der Waals surface area contributed by atoms with Crippen LogP contribution >= 0.6 is 0 Å². The molecule has 0 aliphatic heterocycles. The summed E-state index contributed by atoms with van der Waals surface area (Å²) in [5, 5.41) is 0.